The van der Waals surface area contributed by atoms with Crippen LogP contribution in [-0.2, 0) is 9.53 Å². The van der Waals surface area contributed by atoms with Crippen LogP contribution in [0.15, 0.2) is 0 Å². The summed E-state index contributed by atoms with van der Waals surface area (Å²) >= 11 is 0. The van der Waals surface area contributed by atoms with E-state index in [9.17, 15) is 9.59 Å². The van der Waals surface area contributed by atoms with Crippen molar-refractivity contribution in [2.75, 3.05) is 13.2 Å². The maximum atomic E-state index is 10.7. The molecule has 13 heavy (non-hydrogen) atoms. The zero-order valence-corrected chi connectivity index (χ0v) is 8.36. The molecule has 0 atom stereocenters. The molecule has 5 nitrogen and oxygen atoms in total. The average Bonchev–Trinajstić information content (AvgIpc) is 2.01. The normalized spacial score (nSPS) is 8.38. The molecule has 0 saturated carbocycles. The van der Waals surface area contributed by atoms with E-state index >= 15 is 0 Å². The van der Waals surface area contributed by atoms with Gasteiger partial charge in [-0.15, -0.1) is 12.4 Å². The summed E-state index contributed by atoms with van der Waals surface area (Å²) in [4.78, 5) is 20.9. The number of hydrogen-bond donors (Lipinski definition) is 2. The van der Waals surface area contributed by atoms with E-state index in [2.05, 4.69) is 5.32 Å². The Labute approximate surface area is 83.4 Å². The molecule has 6 heteroatoms. The molecule has 3 N–H and O–H groups in total. The van der Waals surface area contributed by atoms with Gasteiger partial charge in [0.15, 0.2) is 0 Å². The molecule has 0 fully saturated rings. The fourth-order valence-electron chi connectivity index (χ4n) is 0.541. The van der Waals surface area contributed by atoms with E-state index in [1.807, 2.05) is 6.92 Å². The molecule has 0 rings (SSSR count). The first kappa shape index (κ1) is 14.5. The zero-order valence-electron chi connectivity index (χ0n) is 7.54. The van der Waals surface area contributed by atoms with E-state index in [-0.39, 0.29) is 19.0 Å². The first-order valence-electron chi connectivity index (χ1n) is 3.85. The summed E-state index contributed by atoms with van der Waals surface area (Å²) in [7, 11) is 0. The number of primary amides is 1. The number of urea groups is 1. The molecular weight excluding hydrogens is 196 g/mol. The molecular formula is C7H15ClN2O3. The number of esters is 1. The number of rotatable bonds is 5. The lowest BCUT2D eigenvalue weighted by molar-refractivity contribution is -0.142. The Morgan fingerprint density at radius 2 is 2.08 bits per heavy atom. The molecule has 0 bridgehead atoms. The zero-order chi connectivity index (χ0) is 9.40. The summed E-state index contributed by atoms with van der Waals surface area (Å²) < 4.78 is 4.72. The summed E-state index contributed by atoms with van der Waals surface area (Å²) in [5, 5.41) is 2.14. The van der Waals surface area contributed by atoms with E-state index < -0.39 is 12.0 Å². The minimum Gasteiger partial charge on any atom is -0.464 e. The van der Waals surface area contributed by atoms with Gasteiger partial charge in [-0.25, -0.2) is 4.79 Å². The molecule has 0 aliphatic rings. The van der Waals surface area contributed by atoms with Crippen LogP contribution in [-0.4, -0.2) is 25.2 Å². The minimum atomic E-state index is -0.720. The topological polar surface area (TPSA) is 81.4 Å². The van der Waals surface area contributed by atoms with Crippen LogP contribution in [0.5, 0.6) is 0 Å². The Balaban J connectivity index is 0. The van der Waals surface area contributed by atoms with E-state index in [4.69, 9.17) is 10.5 Å². The largest absolute Gasteiger partial charge is 0.464 e. The van der Waals surface area contributed by atoms with Crippen LogP contribution < -0.4 is 11.1 Å². The van der Waals surface area contributed by atoms with Gasteiger partial charge < -0.3 is 15.8 Å². The second kappa shape index (κ2) is 9.12. The Kier molecular flexibility index (Phi) is 10.2. The van der Waals surface area contributed by atoms with Crippen LogP contribution in [0, 0.1) is 0 Å². The van der Waals surface area contributed by atoms with Crippen molar-refractivity contribution in [3.63, 3.8) is 0 Å². The average molecular weight is 211 g/mol. The van der Waals surface area contributed by atoms with Crippen molar-refractivity contribution in [1.82, 2.24) is 5.32 Å². The third-order valence-corrected chi connectivity index (χ3v) is 1.17. The summed E-state index contributed by atoms with van der Waals surface area (Å²) in [5.41, 5.74) is 4.74. The van der Waals surface area contributed by atoms with Crippen molar-refractivity contribution < 1.29 is 14.3 Å². The molecule has 78 valence electrons. The van der Waals surface area contributed by atoms with E-state index in [0.29, 0.717) is 6.61 Å². The van der Waals surface area contributed by atoms with Gasteiger partial charge in [0.25, 0.3) is 0 Å². The van der Waals surface area contributed by atoms with Crippen molar-refractivity contribution >= 4 is 24.4 Å². The SMILES string of the molecule is CCCCOC(=O)CNC(N)=O.Cl. The summed E-state index contributed by atoms with van der Waals surface area (Å²) in [6.45, 7) is 2.24. The molecule has 0 spiro atoms. The molecule has 0 unspecified atom stereocenters. The van der Waals surface area contributed by atoms with Gasteiger partial charge in [-0.05, 0) is 6.42 Å². The minimum absolute atomic E-state index is 0. The third kappa shape index (κ3) is 11.0. The Bertz CT molecular complexity index is 164. The van der Waals surface area contributed by atoms with Gasteiger partial charge in [0.1, 0.15) is 6.54 Å². The van der Waals surface area contributed by atoms with Crippen LogP contribution >= 0.6 is 12.4 Å². The van der Waals surface area contributed by atoms with Crippen molar-refractivity contribution in [2.24, 2.45) is 5.73 Å². The fraction of sp³-hybridized carbons (Fsp3) is 0.714. The van der Waals surface area contributed by atoms with Crippen molar-refractivity contribution in [2.45, 2.75) is 19.8 Å². The van der Waals surface area contributed by atoms with Crippen LogP contribution in [0.4, 0.5) is 4.79 Å². The van der Waals surface area contributed by atoms with Crippen LogP contribution in [0.3, 0.4) is 0 Å². The van der Waals surface area contributed by atoms with Crippen molar-refractivity contribution in [1.29, 1.82) is 0 Å². The maximum Gasteiger partial charge on any atom is 0.325 e. The highest BCUT2D eigenvalue weighted by atomic mass is 35.5. The molecule has 0 aromatic carbocycles. The molecule has 0 aliphatic carbocycles. The second-order valence-corrected chi connectivity index (χ2v) is 2.29. The first-order valence-corrected chi connectivity index (χ1v) is 3.85. The number of amides is 2. The van der Waals surface area contributed by atoms with E-state index in [0.717, 1.165) is 12.8 Å². The lowest BCUT2D eigenvalue weighted by atomic mass is 10.4. The lowest BCUT2D eigenvalue weighted by Gasteiger charge is -2.03. The number of ether oxygens (including phenoxy) is 1. The Morgan fingerprint density at radius 1 is 1.46 bits per heavy atom. The van der Waals surface area contributed by atoms with Crippen LogP contribution in [0.25, 0.3) is 0 Å². The molecule has 0 aromatic heterocycles. The van der Waals surface area contributed by atoms with Gasteiger partial charge in [-0.3, -0.25) is 4.79 Å². The van der Waals surface area contributed by atoms with Crippen LogP contribution in [0.2, 0.25) is 0 Å². The highest BCUT2D eigenvalue weighted by molar-refractivity contribution is 5.85. The maximum absolute atomic E-state index is 10.7. The fourth-order valence-corrected chi connectivity index (χ4v) is 0.541. The second-order valence-electron chi connectivity index (χ2n) is 2.29. The van der Waals surface area contributed by atoms with Crippen LogP contribution in [0.1, 0.15) is 19.8 Å². The number of carbonyl (C=O) groups excluding carboxylic acids is 2. The van der Waals surface area contributed by atoms with Gasteiger partial charge in [0.05, 0.1) is 6.61 Å². The van der Waals surface area contributed by atoms with E-state index in [1.165, 1.54) is 0 Å². The van der Waals surface area contributed by atoms with Gasteiger partial charge >= 0.3 is 12.0 Å². The highest BCUT2D eigenvalue weighted by Crippen LogP contribution is 1.87. The molecule has 0 aliphatic heterocycles. The summed E-state index contributed by atoms with van der Waals surface area (Å²) in [6.07, 6.45) is 1.80. The molecule has 0 aromatic rings. The van der Waals surface area contributed by atoms with Crippen molar-refractivity contribution in [3.8, 4) is 0 Å². The lowest BCUT2D eigenvalue weighted by Crippen LogP contribution is -2.34. The number of nitrogens with one attached hydrogen (secondary N) is 1. The molecule has 0 radical (unpaired) electrons. The number of nitrogens with two attached hydrogens (primary N) is 1. The number of hydrogen-bond acceptors (Lipinski definition) is 3. The highest BCUT2D eigenvalue weighted by Gasteiger charge is 2.02. The molecule has 0 heterocycles. The molecule has 2 amide bonds. The van der Waals surface area contributed by atoms with Gasteiger partial charge in [0.2, 0.25) is 0 Å². The Morgan fingerprint density at radius 3 is 2.54 bits per heavy atom. The van der Waals surface area contributed by atoms with Gasteiger partial charge in [-0.2, -0.15) is 0 Å². The van der Waals surface area contributed by atoms with E-state index in [1.54, 1.807) is 0 Å². The quantitative estimate of drug-likeness (QED) is 0.510. The number of carbonyl (C=O) groups is 2. The predicted octanol–water partition coefficient (Wildman–Crippen LogP) is 0.420. The standard InChI is InChI=1S/C7H14N2O3.ClH/c1-2-3-4-12-6(10)5-9-7(8)11;/h2-5H2,1H3,(H3,8,9,11);1H. The molecule has 0 saturated heterocycles. The van der Waals surface area contributed by atoms with Crippen molar-refractivity contribution in [3.05, 3.63) is 0 Å². The first-order chi connectivity index (χ1) is 5.66. The summed E-state index contributed by atoms with van der Waals surface area (Å²) in [6, 6.07) is -0.720. The predicted molar refractivity (Wildman–Crippen MR) is 50.7 cm³/mol. The third-order valence-electron chi connectivity index (χ3n) is 1.17. The number of unbranched alkanes of at least 4 members (excludes halogenated alkanes) is 1. The summed E-state index contributed by atoms with van der Waals surface area (Å²) in [5.74, 6) is -0.456. The van der Waals surface area contributed by atoms with Gasteiger partial charge in [0, 0.05) is 0 Å². The smallest absolute Gasteiger partial charge is 0.325 e. The van der Waals surface area contributed by atoms with Gasteiger partial charge in [-0.1, -0.05) is 13.3 Å². The number of halogens is 1. The Hall–Kier alpha value is -0.970. The monoisotopic (exact) mass is 210 g/mol.